The van der Waals surface area contributed by atoms with Gasteiger partial charge >= 0.3 is 0 Å². The highest BCUT2D eigenvalue weighted by Crippen LogP contribution is 2.28. The van der Waals surface area contributed by atoms with Gasteiger partial charge in [0.15, 0.2) is 0 Å². The molecule has 0 fully saturated rings. The number of fused-ring (bicyclic) bond motifs is 1. The fraction of sp³-hybridized carbons (Fsp3) is 0.0909. The molecule has 142 valence electrons. The molecule has 0 saturated carbocycles. The zero-order valence-corrected chi connectivity index (χ0v) is 16.4. The van der Waals surface area contributed by atoms with Crippen LogP contribution in [-0.4, -0.2) is 12.4 Å². The molecule has 3 nitrogen and oxygen atoms in total. The van der Waals surface area contributed by atoms with Crippen molar-refractivity contribution in [3.8, 4) is 0 Å². The van der Waals surface area contributed by atoms with Crippen LogP contribution in [0.5, 0.6) is 0 Å². The molecular formula is C22H17ClFNO2S. The number of rotatable bonds is 5. The molecule has 0 aliphatic heterocycles. The maximum atomic E-state index is 13.4. The summed E-state index contributed by atoms with van der Waals surface area (Å²) in [6.07, 6.45) is 1.08. The summed E-state index contributed by atoms with van der Waals surface area (Å²) in [7, 11) is -3.76. The summed E-state index contributed by atoms with van der Waals surface area (Å²) in [5.41, 5.74) is 2.18. The van der Waals surface area contributed by atoms with Gasteiger partial charge in [0.25, 0.3) is 10.0 Å². The van der Waals surface area contributed by atoms with Gasteiger partial charge in [-0.05, 0) is 66.9 Å². The maximum absolute atomic E-state index is 13.4. The molecular weight excluding hydrogens is 397 g/mol. The van der Waals surface area contributed by atoms with E-state index in [1.165, 1.54) is 16.1 Å². The quantitative estimate of drug-likeness (QED) is 0.436. The maximum Gasteiger partial charge on any atom is 0.268 e. The number of hydrogen-bond donors (Lipinski definition) is 0. The molecule has 0 atom stereocenters. The van der Waals surface area contributed by atoms with Crippen molar-refractivity contribution >= 4 is 32.5 Å². The Balaban J connectivity index is 1.81. The molecule has 0 aliphatic carbocycles. The number of hydrogen-bond acceptors (Lipinski definition) is 2. The third kappa shape index (κ3) is 3.55. The first-order valence-corrected chi connectivity index (χ1v) is 10.6. The molecule has 0 aliphatic rings. The third-order valence-corrected chi connectivity index (χ3v) is 6.67. The standard InChI is InChI=1S/C22H17ClFNO2S/c23-18-9-13-22-17(14-18)15-20(12-8-16-6-10-19(24)11-7-16)25(22)28(26,27)21-4-2-1-3-5-21/h1-7,9-11,13-15H,8,12H2. The van der Waals surface area contributed by atoms with Crippen LogP contribution < -0.4 is 0 Å². The summed E-state index contributed by atoms with van der Waals surface area (Å²) in [6, 6.07) is 21.6. The summed E-state index contributed by atoms with van der Waals surface area (Å²) < 4.78 is 41.2. The Bertz CT molecular complexity index is 1230. The first-order valence-electron chi connectivity index (χ1n) is 8.80. The highest BCUT2D eigenvalue weighted by Gasteiger charge is 2.22. The average molecular weight is 414 g/mol. The first kappa shape index (κ1) is 18.7. The van der Waals surface area contributed by atoms with Crippen molar-refractivity contribution in [2.75, 3.05) is 0 Å². The van der Waals surface area contributed by atoms with E-state index in [-0.39, 0.29) is 10.7 Å². The summed E-state index contributed by atoms with van der Waals surface area (Å²) in [6.45, 7) is 0. The van der Waals surface area contributed by atoms with Crippen molar-refractivity contribution in [2.24, 2.45) is 0 Å². The monoisotopic (exact) mass is 413 g/mol. The minimum Gasteiger partial charge on any atom is -0.238 e. The molecule has 3 aromatic carbocycles. The lowest BCUT2D eigenvalue weighted by Gasteiger charge is -2.12. The van der Waals surface area contributed by atoms with Gasteiger partial charge in [-0.3, -0.25) is 0 Å². The Morgan fingerprint density at radius 2 is 1.57 bits per heavy atom. The Morgan fingerprint density at radius 3 is 2.29 bits per heavy atom. The molecule has 6 heteroatoms. The SMILES string of the molecule is O=S(=O)(c1ccccc1)n1c(CCc2ccc(F)cc2)cc2cc(Cl)ccc21. The van der Waals surface area contributed by atoms with Gasteiger partial charge in [0.05, 0.1) is 10.4 Å². The molecule has 0 unspecified atom stereocenters. The molecule has 0 radical (unpaired) electrons. The van der Waals surface area contributed by atoms with E-state index >= 15 is 0 Å². The molecule has 0 N–H and O–H groups in total. The molecule has 0 bridgehead atoms. The predicted octanol–water partition coefficient (Wildman–Crippen LogP) is 5.46. The van der Waals surface area contributed by atoms with Crippen molar-refractivity contribution in [2.45, 2.75) is 17.7 Å². The van der Waals surface area contributed by atoms with Crippen LogP contribution >= 0.6 is 11.6 Å². The molecule has 0 saturated heterocycles. The van der Waals surface area contributed by atoms with Crippen molar-refractivity contribution < 1.29 is 12.8 Å². The van der Waals surface area contributed by atoms with E-state index in [0.717, 1.165) is 10.9 Å². The Labute approximate surface area is 168 Å². The highest BCUT2D eigenvalue weighted by atomic mass is 35.5. The van der Waals surface area contributed by atoms with Crippen LogP contribution in [0.25, 0.3) is 10.9 Å². The molecule has 1 aromatic heterocycles. The minimum absolute atomic E-state index is 0.227. The van der Waals surface area contributed by atoms with E-state index in [0.29, 0.717) is 29.1 Å². The van der Waals surface area contributed by atoms with Crippen LogP contribution in [0.3, 0.4) is 0 Å². The molecule has 28 heavy (non-hydrogen) atoms. The smallest absolute Gasteiger partial charge is 0.238 e. The van der Waals surface area contributed by atoms with Gasteiger partial charge in [-0.1, -0.05) is 41.9 Å². The van der Waals surface area contributed by atoms with Crippen LogP contribution in [0.15, 0.2) is 83.8 Å². The second kappa shape index (κ2) is 7.41. The number of halogens is 2. The van der Waals surface area contributed by atoms with Crippen LogP contribution in [0, 0.1) is 5.82 Å². The molecule has 4 aromatic rings. The fourth-order valence-electron chi connectivity index (χ4n) is 3.30. The molecule has 0 spiro atoms. The number of nitrogens with zero attached hydrogens (tertiary/aromatic N) is 1. The highest BCUT2D eigenvalue weighted by molar-refractivity contribution is 7.90. The summed E-state index contributed by atoms with van der Waals surface area (Å²) >= 11 is 6.11. The second-order valence-electron chi connectivity index (χ2n) is 6.55. The van der Waals surface area contributed by atoms with E-state index in [2.05, 4.69) is 0 Å². The summed E-state index contributed by atoms with van der Waals surface area (Å²) in [5, 5.41) is 1.31. The predicted molar refractivity (Wildman–Crippen MR) is 110 cm³/mol. The number of aromatic nitrogens is 1. The average Bonchev–Trinajstić information content (AvgIpc) is 3.06. The molecule has 0 amide bonds. The van der Waals surface area contributed by atoms with Crippen molar-refractivity contribution in [1.82, 2.24) is 3.97 Å². The Kier molecular flexibility index (Phi) is 4.96. The lowest BCUT2D eigenvalue weighted by atomic mass is 10.1. The Hall–Kier alpha value is -2.63. The topological polar surface area (TPSA) is 39.1 Å². The normalized spacial score (nSPS) is 11.8. The Morgan fingerprint density at radius 1 is 0.857 bits per heavy atom. The van der Waals surface area contributed by atoms with Crippen LogP contribution in [0.1, 0.15) is 11.3 Å². The molecule has 4 rings (SSSR count). The largest absolute Gasteiger partial charge is 0.268 e. The zero-order chi connectivity index (χ0) is 19.7. The van der Waals surface area contributed by atoms with Crippen molar-refractivity contribution in [3.63, 3.8) is 0 Å². The minimum atomic E-state index is -3.76. The van der Waals surface area contributed by atoms with Gasteiger partial charge in [0, 0.05) is 16.1 Å². The van der Waals surface area contributed by atoms with Crippen molar-refractivity contribution in [3.05, 3.63) is 101 Å². The number of aryl methyl sites for hydroxylation is 2. The number of benzene rings is 3. The van der Waals surface area contributed by atoms with E-state index in [4.69, 9.17) is 11.6 Å². The van der Waals surface area contributed by atoms with Gasteiger partial charge in [-0.25, -0.2) is 16.8 Å². The van der Waals surface area contributed by atoms with Gasteiger partial charge in [-0.2, -0.15) is 0 Å². The van der Waals surface area contributed by atoms with E-state index in [1.54, 1.807) is 60.7 Å². The molecule has 1 heterocycles. The van der Waals surface area contributed by atoms with Gasteiger partial charge in [-0.15, -0.1) is 0 Å². The fourth-order valence-corrected chi connectivity index (χ4v) is 5.07. The summed E-state index contributed by atoms with van der Waals surface area (Å²) in [5.74, 6) is -0.292. The second-order valence-corrected chi connectivity index (χ2v) is 8.77. The van der Waals surface area contributed by atoms with Crippen LogP contribution in [0.4, 0.5) is 4.39 Å². The zero-order valence-electron chi connectivity index (χ0n) is 14.8. The van der Waals surface area contributed by atoms with Crippen molar-refractivity contribution in [1.29, 1.82) is 0 Å². The summed E-state index contributed by atoms with van der Waals surface area (Å²) in [4.78, 5) is 0.227. The van der Waals surface area contributed by atoms with Gasteiger partial charge in [0.1, 0.15) is 5.82 Å². The third-order valence-electron chi connectivity index (χ3n) is 4.66. The van der Waals surface area contributed by atoms with Crippen LogP contribution in [-0.2, 0) is 22.9 Å². The van der Waals surface area contributed by atoms with Crippen LogP contribution in [0.2, 0.25) is 5.02 Å². The lowest BCUT2D eigenvalue weighted by Crippen LogP contribution is -2.16. The van der Waals surface area contributed by atoms with Gasteiger partial charge < -0.3 is 0 Å². The van der Waals surface area contributed by atoms with Gasteiger partial charge in [0.2, 0.25) is 0 Å². The lowest BCUT2D eigenvalue weighted by molar-refractivity contribution is 0.586. The van der Waals surface area contributed by atoms with E-state index in [9.17, 15) is 12.8 Å². The first-order chi connectivity index (χ1) is 13.4. The van der Waals surface area contributed by atoms with E-state index < -0.39 is 10.0 Å². The van der Waals surface area contributed by atoms with E-state index in [1.807, 2.05) is 6.07 Å².